The van der Waals surface area contributed by atoms with E-state index in [1.165, 1.54) is 19.2 Å². The molecule has 2 aromatic rings. The number of anilines is 2. The van der Waals surface area contributed by atoms with E-state index in [1.54, 1.807) is 18.2 Å². The molecular weight excluding hydrogens is 373 g/mol. The highest BCUT2D eigenvalue weighted by molar-refractivity contribution is 6.31. The summed E-state index contributed by atoms with van der Waals surface area (Å²) in [5.41, 5.74) is -0.494. The van der Waals surface area contributed by atoms with Crippen LogP contribution in [0.4, 0.5) is 24.5 Å². The SMILES string of the molecule is COC(=O)c1ccccc1NCC(=O)Nc1ccc(Cl)c(C(F)(F)F)c1. The number of rotatable bonds is 5. The van der Waals surface area contributed by atoms with Gasteiger partial charge in [-0.2, -0.15) is 13.2 Å². The van der Waals surface area contributed by atoms with Crippen LogP contribution in [0, 0.1) is 0 Å². The van der Waals surface area contributed by atoms with Crippen molar-refractivity contribution in [2.75, 3.05) is 24.3 Å². The van der Waals surface area contributed by atoms with Crippen molar-refractivity contribution in [3.8, 4) is 0 Å². The molecule has 0 bridgehead atoms. The first-order chi connectivity index (χ1) is 12.2. The monoisotopic (exact) mass is 386 g/mol. The summed E-state index contributed by atoms with van der Waals surface area (Å²) in [5, 5.41) is 4.62. The van der Waals surface area contributed by atoms with E-state index in [-0.39, 0.29) is 17.8 Å². The minimum Gasteiger partial charge on any atom is -0.465 e. The molecule has 5 nitrogen and oxygen atoms in total. The summed E-state index contributed by atoms with van der Waals surface area (Å²) in [4.78, 5) is 23.6. The number of esters is 1. The van der Waals surface area contributed by atoms with E-state index in [2.05, 4.69) is 15.4 Å². The zero-order valence-corrected chi connectivity index (χ0v) is 14.2. The van der Waals surface area contributed by atoms with Gasteiger partial charge in [0.1, 0.15) is 0 Å². The van der Waals surface area contributed by atoms with Gasteiger partial charge in [0.05, 0.1) is 29.8 Å². The molecule has 0 aliphatic rings. The van der Waals surface area contributed by atoms with Gasteiger partial charge in [0, 0.05) is 11.4 Å². The molecule has 2 N–H and O–H groups in total. The number of benzene rings is 2. The average Bonchev–Trinajstić information content (AvgIpc) is 2.60. The Bertz CT molecular complexity index is 825. The van der Waals surface area contributed by atoms with E-state index in [0.29, 0.717) is 5.69 Å². The largest absolute Gasteiger partial charge is 0.465 e. The van der Waals surface area contributed by atoms with Crippen molar-refractivity contribution in [1.29, 1.82) is 0 Å². The molecule has 0 saturated carbocycles. The molecule has 0 atom stereocenters. The van der Waals surface area contributed by atoms with Gasteiger partial charge in [-0.05, 0) is 30.3 Å². The second-order valence-electron chi connectivity index (χ2n) is 5.13. The average molecular weight is 387 g/mol. The molecule has 0 spiro atoms. The van der Waals surface area contributed by atoms with Crippen molar-refractivity contribution in [1.82, 2.24) is 0 Å². The van der Waals surface area contributed by atoms with Crippen LogP contribution in [0.1, 0.15) is 15.9 Å². The zero-order chi connectivity index (χ0) is 19.3. The molecule has 0 saturated heterocycles. The van der Waals surface area contributed by atoms with Crippen molar-refractivity contribution >= 4 is 34.9 Å². The number of hydrogen-bond donors (Lipinski definition) is 2. The van der Waals surface area contributed by atoms with Gasteiger partial charge in [-0.15, -0.1) is 0 Å². The lowest BCUT2D eigenvalue weighted by Crippen LogP contribution is -2.23. The molecule has 0 fully saturated rings. The topological polar surface area (TPSA) is 67.4 Å². The maximum absolute atomic E-state index is 12.8. The van der Waals surface area contributed by atoms with Crippen LogP contribution in [0.2, 0.25) is 5.02 Å². The molecule has 2 rings (SSSR count). The maximum Gasteiger partial charge on any atom is 0.417 e. The third-order valence-corrected chi connectivity index (χ3v) is 3.66. The number of nitrogens with one attached hydrogen (secondary N) is 2. The molecule has 2 aromatic carbocycles. The molecule has 0 aliphatic carbocycles. The lowest BCUT2D eigenvalue weighted by molar-refractivity contribution is -0.137. The first-order valence-electron chi connectivity index (χ1n) is 7.30. The van der Waals surface area contributed by atoms with Gasteiger partial charge in [0.2, 0.25) is 5.91 Å². The summed E-state index contributed by atoms with van der Waals surface area (Å²) in [6, 6.07) is 9.44. The fourth-order valence-electron chi connectivity index (χ4n) is 2.13. The predicted octanol–water partition coefficient (Wildman–Crippen LogP) is 4.20. The van der Waals surface area contributed by atoms with E-state index in [0.717, 1.165) is 12.1 Å². The summed E-state index contributed by atoms with van der Waals surface area (Å²) < 4.78 is 43.1. The molecule has 0 radical (unpaired) electrons. The van der Waals surface area contributed by atoms with Crippen molar-refractivity contribution < 1.29 is 27.5 Å². The fourth-order valence-corrected chi connectivity index (χ4v) is 2.35. The smallest absolute Gasteiger partial charge is 0.417 e. The number of hydrogen-bond acceptors (Lipinski definition) is 4. The number of halogens is 4. The molecule has 0 unspecified atom stereocenters. The Balaban J connectivity index is 2.06. The van der Waals surface area contributed by atoms with Gasteiger partial charge >= 0.3 is 12.1 Å². The van der Waals surface area contributed by atoms with Crippen LogP contribution in [-0.4, -0.2) is 25.5 Å². The molecule has 0 aromatic heterocycles. The van der Waals surface area contributed by atoms with Gasteiger partial charge in [0.25, 0.3) is 0 Å². The minimum absolute atomic E-state index is 0.0465. The lowest BCUT2D eigenvalue weighted by atomic mass is 10.1. The van der Waals surface area contributed by atoms with Crippen LogP contribution in [-0.2, 0) is 15.7 Å². The van der Waals surface area contributed by atoms with Gasteiger partial charge in [-0.1, -0.05) is 23.7 Å². The van der Waals surface area contributed by atoms with Crippen molar-refractivity contribution in [3.63, 3.8) is 0 Å². The predicted molar refractivity (Wildman–Crippen MR) is 91.4 cm³/mol. The summed E-state index contributed by atoms with van der Waals surface area (Å²) in [7, 11) is 1.23. The minimum atomic E-state index is -4.63. The third-order valence-electron chi connectivity index (χ3n) is 3.33. The maximum atomic E-state index is 12.8. The van der Waals surface area contributed by atoms with Crippen LogP contribution in [0.25, 0.3) is 0 Å². The highest BCUT2D eigenvalue weighted by Crippen LogP contribution is 2.36. The van der Waals surface area contributed by atoms with Crippen LogP contribution < -0.4 is 10.6 Å². The van der Waals surface area contributed by atoms with Crippen LogP contribution >= 0.6 is 11.6 Å². The number of methoxy groups -OCH3 is 1. The number of carbonyl (C=O) groups excluding carboxylic acids is 2. The van der Waals surface area contributed by atoms with Gasteiger partial charge in [-0.25, -0.2) is 4.79 Å². The van der Waals surface area contributed by atoms with Crippen molar-refractivity contribution in [3.05, 3.63) is 58.6 Å². The molecule has 0 heterocycles. The number of ether oxygens (including phenoxy) is 1. The summed E-state index contributed by atoms with van der Waals surface area (Å²) in [5.74, 6) is -1.18. The Labute approximate surface area is 152 Å². The Morgan fingerprint density at radius 3 is 2.50 bits per heavy atom. The Morgan fingerprint density at radius 1 is 1.15 bits per heavy atom. The first kappa shape index (κ1) is 19.6. The number of carbonyl (C=O) groups is 2. The highest BCUT2D eigenvalue weighted by Gasteiger charge is 2.33. The summed E-state index contributed by atoms with van der Waals surface area (Å²) in [6.07, 6.45) is -4.63. The van der Waals surface area contributed by atoms with Gasteiger partial charge in [-0.3, -0.25) is 4.79 Å². The molecule has 9 heteroatoms. The van der Waals surface area contributed by atoms with Crippen molar-refractivity contribution in [2.45, 2.75) is 6.18 Å². The normalized spacial score (nSPS) is 11.0. The van der Waals surface area contributed by atoms with Crippen LogP contribution in [0.15, 0.2) is 42.5 Å². The van der Waals surface area contributed by atoms with Crippen LogP contribution in [0.5, 0.6) is 0 Å². The number of amides is 1. The van der Waals surface area contributed by atoms with E-state index < -0.39 is 28.6 Å². The number of alkyl halides is 3. The lowest BCUT2D eigenvalue weighted by Gasteiger charge is -2.13. The van der Waals surface area contributed by atoms with Gasteiger partial charge in [0.15, 0.2) is 0 Å². The molecule has 0 aliphatic heterocycles. The fraction of sp³-hybridized carbons (Fsp3) is 0.176. The number of para-hydroxylation sites is 1. The zero-order valence-electron chi connectivity index (χ0n) is 13.5. The van der Waals surface area contributed by atoms with Crippen molar-refractivity contribution in [2.24, 2.45) is 0 Å². The summed E-state index contributed by atoms with van der Waals surface area (Å²) >= 11 is 5.53. The van der Waals surface area contributed by atoms with E-state index in [9.17, 15) is 22.8 Å². The summed E-state index contributed by atoms with van der Waals surface area (Å²) in [6.45, 7) is -0.266. The molecule has 1 amide bonds. The highest BCUT2D eigenvalue weighted by atomic mass is 35.5. The second kappa shape index (κ2) is 8.09. The molecular formula is C17H14ClF3N2O3. The Hall–Kier alpha value is -2.74. The first-order valence-corrected chi connectivity index (χ1v) is 7.68. The Morgan fingerprint density at radius 2 is 1.85 bits per heavy atom. The quantitative estimate of drug-likeness (QED) is 0.756. The Kier molecular flexibility index (Phi) is 6.10. The standard InChI is InChI=1S/C17H14ClF3N2O3/c1-26-16(25)11-4-2-3-5-14(11)22-9-15(24)23-10-6-7-13(18)12(8-10)17(19,20)21/h2-8,22H,9H2,1H3,(H,23,24). The van der Waals surface area contributed by atoms with Gasteiger partial charge < -0.3 is 15.4 Å². The third kappa shape index (κ3) is 4.89. The molecule has 138 valence electrons. The second-order valence-corrected chi connectivity index (χ2v) is 5.54. The molecule has 26 heavy (non-hydrogen) atoms. The van der Waals surface area contributed by atoms with Crippen LogP contribution in [0.3, 0.4) is 0 Å². The van der Waals surface area contributed by atoms with E-state index >= 15 is 0 Å². The van der Waals surface area contributed by atoms with E-state index in [1.807, 2.05) is 0 Å². The van der Waals surface area contributed by atoms with E-state index in [4.69, 9.17) is 11.6 Å².